The number of fused-ring (bicyclic) bond motifs is 1. The first-order valence-electron chi connectivity index (χ1n) is 8.04. The smallest absolute Gasteiger partial charge is 0.259 e. The zero-order chi connectivity index (χ0) is 18.0. The third-order valence-electron chi connectivity index (χ3n) is 4.37. The highest BCUT2D eigenvalue weighted by Crippen LogP contribution is 2.37. The summed E-state index contributed by atoms with van der Waals surface area (Å²) in [6.45, 7) is 1.61. The van der Waals surface area contributed by atoms with Gasteiger partial charge in [0, 0.05) is 11.1 Å². The Labute approximate surface area is 155 Å². The summed E-state index contributed by atoms with van der Waals surface area (Å²) in [6, 6.07) is 7.47. The van der Waals surface area contributed by atoms with E-state index in [0.717, 1.165) is 18.5 Å². The number of carbonyl (C=O) groups excluding carboxylic acids is 1. The third kappa shape index (κ3) is 3.65. The molecule has 130 valence electrons. The molecule has 0 saturated heterocycles. The molecule has 0 atom stereocenters. The van der Waals surface area contributed by atoms with Crippen LogP contribution in [0.25, 0.3) is 10.9 Å². The number of pyridine rings is 1. The molecular formula is C18H17Cl2N3O2. The Kier molecular flexibility index (Phi) is 5.03. The maximum Gasteiger partial charge on any atom is 0.259 e. The van der Waals surface area contributed by atoms with Crippen LogP contribution in [0.4, 0.5) is 0 Å². The molecule has 0 spiro atoms. The van der Waals surface area contributed by atoms with Crippen molar-refractivity contribution in [3.8, 4) is 11.8 Å². The minimum absolute atomic E-state index is 0.241. The second-order valence-corrected chi connectivity index (χ2v) is 7.07. The van der Waals surface area contributed by atoms with E-state index in [1.54, 1.807) is 6.07 Å². The van der Waals surface area contributed by atoms with Crippen molar-refractivity contribution in [2.75, 3.05) is 6.61 Å². The van der Waals surface area contributed by atoms with Crippen LogP contribution in [0.15, 0.2) is 18.2 Å². The van der Waals surface area contributed by atoms with Crippen LogP contribution in [0.1, 0.15) is 31.4 Å². The zero-order valence-electron chi connectivity index (χ0n) is 13.7. The van der Waals surface area contributed by atoms with Crippen molar-refractivity contribution in [2.24, 2.45) is 0 Å². The molecule has 1 aromatic carbocycles. The van der Waals surface area contributed by atoms with E-state index in [1.165, 1.54) is 0 Å². The fourth-order valence-corrected chi connectivity index (χ4v) is 3.68. The van der Waals surface area contributed by atoms with Gasteiger partial charge in [0.2, 0.25) is 0 Å². The summed E-state index contributed by atoms with van der Waals surface area (Å²) in [5, 5.41) is 13.6. The summed E-state index contributed by atoms with van der Waals surface area (Å²) in [5.41, 5.74) is 0.525. The van der Waals surface area contributed by atoms with Crippen LogP contribution >= 0.6 is 23.2 Å². The average molecular weight is 378 g/mol. The number of halogens is 2. The van der Waals surface area contributed by atoms with E-state index in [0.29, 0.717) is 39.5 Å². The molecule has 1 N–H and O–H groups in total. The van der Waals surface area contributed by atoms with Gasteiger partial charge in [-0.05, 0) is 50.8 Å². The first-order valence-corrected chi connectivity index (χ1v) is 8.80. The minimum Gasteiger partial charge on any atom is -0.480 e. The van der Waals surface area contributed by atoms with Gasteiger partial charge in [0.15, 0.2) is 12.4 Å². The van der Waals surface area contributed by atoms with Gasteiger partial charge >= 0.3 is 0 Å². The number of nitrogens with one attached hydrogen (secondary N) is 1. The summed E-state index contributed by atoms with van der Waals surface area (Å²) in [4.78, 5) is 16.7. The summed E-state index contributed by atoms with van der Waals surface area (Å²) in [5.74, 6) is -0.0346. The van der Waals surface area contributed by atoms with E-state index >= 15 is 0 Å². The molecule has 25 heavy (non-hydrogen) atoms. The molecule has 1 saturated carbocycles. The molecule has 1 amide bonds. The molecular weight excluding hydrogens is 361 g/mol. The third-order valence-corrected chi connectivity index (χ3v) is 4.97. The van der Waals surface area contributed by atoms with Crippen molar-refractivity contribution in [1.29, 1.82) is 5.26 Å². The quantitative estimate of drug-likeness (QED) is 0.866. The number of nitriles is 1. The number of nitrogens with zero attached hydrogens (tertiary/aromatic N) is 2. The van der Waals surface area contributed by atoms with Crippen LogP contribution in [0.5, 0.6) is 5.75 Å². The van der Waals surface area contributed by atoms with E-state index in [9.17, 15) is 10.1 Å². The van der Waals surface area contributed by atoms with Gasteiger partial charge in [0.05, 0.1) is 16.1 Å². The topological polar surface area (TPSA) is 75.0 Å². The average Bonchev–Trinajstić information content (AvgIpc) is 3.03. The van der Waals surface area contributed by atoms with E-state index in [2.05, 4.69) is 16.4 Å². The Morgan fingerprint density at radius 2 is 2.08 bits per heavy atom. The molecule has 0 aliphatic heterocycles. The van der Waals surface area contributed by atoms with E-state index in [-0.39, 0.29) is 12.5 Å². The monoisotopic (exact) mass is 377 g/mol. The molecule has 1 aliphatic rings. The Balaban J connectivity index is 1.80. The molecule has 2 aromatic rings. The molecule has 1 heterocycles. The van der Waals surface area contributed by atoms with Gasteiger partial charge in [0.1, 0.15) is 11.1 Å². The van der Waals surface area contributed by atoms with Crippen molar-refractivity contribution < 1.29 is 9.53 Å². The predicted octanol–water partition coefficient (Wildman–Crippen LogP) is 4.18. The van der Waals surface area contributed by atoms with E-state index < -0.39 is 5.54 Å². The highest BCUT2D eigenvalue weighted by Gasteiger charge is 2.35. The number of hydrogen-bond acceptors (Lipinski definition) is 4. The number of carbonyl (C=O) groups is 1. The predicted molar refractivity (Wildman–Crippen MR) is 96.9 cm³/mol. The molecule has 0 radical (unpaired) electrons. The number of aromatic nitrogens is 1. The van der Waals surface area contributed by atoms with Gasteiger partial charge in [-0.1, -0.05) is 23.2 Å². The van der Waals surface area contributed by atoms with Gasteiger partial charge in [0.25, 0.3) is 5.91 Å². The van der Waals surface area contributed by atoms with Gasteiger partial charge in [-0.2, -0.15) is 5.26 Å². The maximum absolute atomic E-state index is 12.2. The Bertz CT molecular complexity index is 871. The van der Waals surface area contributed by atoms with Gasteiger partial charge < -0.3 is 10.1 Å². The van der Waals surface area contributed by atoms with Crippen LogP contribution in [-0.2, 0) is 4.79 Å². The molecule has 3 rings (SSSR count). The van der Waals surface area contributed by atoms with Crippen molar-refractivity contribution in [2.45, 2.75) is 38.1 Å². The Morgan fingerprint density at radius 1 is 1.36 bits per heavy atom. The number of ether oxygens (including phenoxy) is 1. The van der Waals surface area contributed by atoms with Crippen LogP contribution in [-0.4, -0.2) is 23.0 Å². The fourth-order valence-electron chi connectivity index (χ4n) is 3.11. The van der Waals surface area contributed by atoms with Crippen molar-refractivity contribution in [3.05, 3.63) is 33.9 Å². The van der Waals surface area contributed by atoms with Gasteiger partial charge in [-0.15, -0.1) is 0 Å². The molecule has 7 heteroatoms. The van der Waals surface area contributed by atoms with Crippen molar-refractivity contribution in [1.82, 2.24) is 10.3 Å². The van der Waals surface area contributed by atoms with Crippen LogP contribution in [0.2, 0.25) is 10.0 Å². The maximum atomic E-state index is 12.2. The first-order chi connectivity index (χ1) is 11.9. The van der Waals surface area contributed by atoms with Gasteiger partial charge in [-0.3, -0.25) is 4.79 Å². The van der Waals surface area contributed by atoms with Crippen LogP contribution in [0.3, 0.4) is 0 Å². The largest absolute Gasteiger partial charge is 0.480 e. The number of aryl methyl sites for hydroxylation is 1. The van der Waals surface area contributed by atoms with Crippen LogP contribution in [0, 0.1) is 18.3 Å². The zero-order valence-corrected chi connectivity index (χ0v) is 15.2. The lowest BCUT2D eigenvalue weighted by Crippen LogP contribution is -2.47. The minimum atomic E-state index is -0.777. The summed E-state index contributed by atoms with van der Waals surface area (Å²) < 4.78 is 5.65. The lowest BCUT2D eigenvalue weighted by atomic mass is 10.00. The van der Waals surface area contributed by atoms with Gasteiger partial charge in [-0.25, -0.2) is 4.98 Å². The standard InChI is InChI=1S/C18H17Cl2N3O2/c1-11-4-5-12-13(19)8-14(20)17(16(12)22-11)25-9-15(24)23-18(10-21)6-2-3-7-18/h4-5,8H,2-3,6-7,9H2,1H3,(H,23,24). The van der Waals surface area contributed by atoms with Crippen molar-refractivity contribution in [3.63, 3.8) is 0 Å². The number of hydrogen-bond donors (Lipinski definition) is 1. The first kappa shape index (κ1) is 17.8. The van der Waals surface area contributed by atoms with Crippen LogP contribution < -0.4 is 10.1 Å². The van der Waals surface area contributed by atoms with Crippen molar-refractivity contribution >= 4 is 40.0 Å². The molecule has 0 bridgehead atoms. The van der Waals surface area contributed by atoms with E-state index in [1.807, 2.05) is 19.1 Å². The lowest BCUT2D eigenvalue weighted by molar-refractivity contribution is -0.124. The molecule has 5 nitrogen and oxygen atoms in total. The lowest BCUT2D eigenvalue weighted by Gasteiger charge is -2.22. The second kappa shape index (κ2) is 7.07. The molecule has 1 aliphatic carbocycles. The number of rotatable bonds is 4. The number of benzene rings is 1. The Morgan fingerprint density at radius 3 is 2.76 bits per heavy atom. The summed E-state index contributed by atoms with van der Waals surface area (Å²) >= 11 is 12.4. The summed E-state index contributed by atoms with van der Waals surface area (Å²) in [7, 11) is 0. The Hall–Kier alpha value is -2.03. The SMILES string of the molecule is Cc1ccc2c(Cl)cc(Cl)c(OCC(=O)NC3(C#N)CCCC3)c2n1. The normalized spacial score (nSPS) is 15.8. The highest BCUT2D eigenvalue weighted by atomic mass is 35.5. The molecule has 0 unspecified atom stereocenters. The summed E-state index contributed by atoms with van der Waals surface area (Å²) in [6.07, 6.45) is 3.21. The molecule has 1 fully saturated rings. The van der Waals surface area contributed by atoms with E-state index in [4.69, 9.17) is 27.9 Å². The highest BCUT2D eigenvalue weighted by molar-refractivity contribution is 6.39. The fraction of sp³-hybridized carbons (Fsp3) is 0.389. The molecule has 1 aromatic heterocycles. The second-order valence-electron chi connectivity index (χ2n) is 6.26. The number of amides is 1.